The van der Waals surface area contributed by atoms with Gasteiger partial charge in [0.2, 0.25) is 0 Å². The van der Waals surface area contributed by atoms with Crippen LogP contribution < -0.4 is 10.2 Å². The number of aryl methyl sites for hydroxylation is 1. The van der Waals surface area contributed by atoms with Gasteiger partial charge in [0, 0.05) is 24.2 Å². The molecule has 1 amide bonds. The number of rotatable bonds is 3. The highest BCUT2D eigenvalue weighted by atomic mass is 19.1. The molecule has 4 rings (SSSR count). The molecule has 1 aliphatic rings. The van der Waals surface area contributed by atoms with Crippen LogP contribution in [0.1, 0.15) is 35.3 Å². The van der Waals surface area contributed by atoms with Crippen LogP contribution in [0.25, 0.3) is 10.9 Å². The number of carbonyl (C=O) groups is 1. The largest absolute Gasteiger partial charge is 0.370 e. The van der Waals surface area contributed by atoms with Crippen molar-refractivity contribution in [2.75, 3.05) is 23.3 Å². The van der Waals surface area contributed by atoms with Gasteiger partial charge in [-0.3, -0.25) is 9.78 Å². The van der Waals surface area contributed by atoms with Gasteiger partial charge < -0.3 is 10.2 Å². The van der Waals surface area contributed by atoms with E-state index in [2.05, 4.69) is 15.2 Å². The summed E-state index contributed by atoms with van der Waals surface area (Å²) in [5.41, 5.74) is 3.49. The van der Waals surface area contributed by atoms with E-state index in [0.717, 1.165) is 48.2 Å². The second-order valence-electron chi connectivity index (χ2n) is 6.99. The van der Waals surface area contributed by atoms with E-state index in [1.165, 1.54) is 18.6 Å². The zero-order chi connectivity index (χ0) is 18.8. The maximum atomic E-state index is 13.9. The van der Waals surface area contributed by atoms with Crippen LogP contribution in [-0.4, -0.2) is 24.0 Å². The van der Waals surface area contributed by atoms with E-state index in [1.807, 2.05) is 31.2 Å². The maximum absolute atomic E-state index is 13.9. The fourth-order valence-corrected chi connectivity index (χ4v) is 3.70. The van der Waals surface area contributed by atoms with Crippen molar-refractivity contribution in [3.8, 4) is 0 Å². The summed E-state index contributed by atoms with van der Waals surface area (Å²) in [5, 5.41) is 3.72. The minimum Gasteiger partial charge on any atom is -0.370 e. The normalized spacial score (nSPS) is 14.4. The Morgan fingerprint density at radius 3 is 2.67 bits per heavy atom. The van der Waals surface area contributed by atoms with Gasteiger partial charge >= 0.3 is 0 Å². The van der Waals surface area contributed by atoms with Crippen molar-refractivity contribution in [3.05, 3.63) is 65.6 Å². The summed E-state index contributed by atoms with van der Waals surface area (Å²) < 4.78 is 13.9. The van der Waals surface area contributed by atoms with Gasteiger partial charge in [-0.1, -0.05) is 18.2 Å². The van der Waals surface area contributed by atoms with E-state index >= 15 is 0 Å². The molecule has 0 aliphatic carbocycles. The molecular weight excluding hydrogens is 341 g/mol. The molecule has 5 heteroatoms. The van der Waals surface area contributed by atoms with Crippen molar-refractivity contribution >= 4 is 28.2 Å². The third-order valence-electron chi connectivity index (χ3n) is 4.99. The van der Waals surface area contributed by atoms with Crippen LogP contribution in [0, 0.1) is 12.7 Å². The fraction of sp³-hybridized carbons (Fsp3) is 0.273. The number of piperidine rings is 1. The van der Waals surface area contributed by atoms with Crippen molar-refractivity contribution < 1.29 is 9.18 Å². The Bertz CT molecular complexity index is 996. The van der Waals surface area contributed by atoms with E-state index in [-0.39, 0.29) is 11.7 Å². The number of hydrogen-bond acceptors (Lipinski definition) is 3. The van der Waals surface area contributed by atoms with Crippen molar-refractivity contribution in [2.24, 2.45) is 0 Å². The molecule has 1 fully saturated rings. The summed E-state index contributed by atoms with van der Waals surface area (Å²) in [6, 6.07) is 13.9. The molecule has 27 heavy (non-hydrogen) atoms. The summed E-state index contributed by atoms with van der Waals surface area (Å²) in [6.07, 6.45) is 3.43. The first-order valence-corrected chi connectivity index (χ1v) is 9.34. The number of pyridine rings is 1. The van der Waals surface area contributed by atoms with Gasteiger partial charge in [-0.05, 0) is 56.5 Å². The van der Waals surface area contributed by atoms with E-state index < -0.39 is 0 Å². The van der Waals surface area contributed by atoms with Crippen LogP contribution in [0.5, 0.6) is 0 Å². The molecule has 0 bridgehead atoms. The Hall–Kier alpha value is -2.95. The standard InChI is InChI=1S/C22H22FN3O/c1-15-13-18(17-7-3-4-8-19(17)24-15)22(27)25-20-14-16(23)9-10-21(20)26-11-5-2-6-12-26/h3-4,7-10,13-14H,2,5-6,11-12H2,1H3,(H,25,27). The SMILES string of the molecule is Cc1cc(C(=O)Nc2cc(F)ccc2N2CCCCC2)c2ccccc2n1. The smallest absolute Gasteiger partial charge is 0.256 e. The third kappa shape index (κ3) is 3.63. The van der Waals surface area contributed by atoms with Crippen molar-refractivity contribution in [1.29, 1.82) is 0 Å². The highest BCUT2D eigenvalue weighted by molar-refractivity contribution is 6.13. The molecule has 1 aliphatic heterocycles. The Morgan fingerprint density at radius 2 is 1.85 bits per heavy atom. The number of benzene rings is 2. The van der Waals surface area contributed by atoms with Crippen LogP contribution >= 0.6 is 0 Å². The molecule has 0 unspecified atom stereocenters. The molecule has 1 N–H and O–H groups in total. The number of para-hydroxylation sites is 1. The lowest BCUT2D eigenvalue weighted by atomic mass is 10.1. The fourth-order valence-electron chi connectivity index (χ4n) is 3.70. The number of halogens is 1. The molecule has 0 radical (unpaired) electrons. The molecule has 1 aromatic heterocycles. The first kappa shape index (κ1) is 17.5. The van der Waals surface area contributed by atoms with E-state index in [9.17, 15) is 9.18 Å². The Morgan fingerprint density at radius 1 is 1.07 bits per heavy atom. The number of carbonyl (C=O) groups excluding carboxylic acids is 1. The van der Waals surface area contributed by atoms with Crippen LogP contribution in [0.3, 0.4) is 0 Å². The zero-order valence-electron chi connectivity index (χ0n) is 15.3. The number of fused-ring (bicyclic) bond motifs is 1. The van der Waals surface area contributed by atoms with Gasteiger partial charge in [0.1, 0.15) is 5.82 Å². The lowest BCUT2D eigenvalue weighted by molar-refractivity contribution is 0.102. The van der Waals surface area contributed by atoms with Crippen molar-refractivity contribution in [1.82, 2.24) is 4.98 Å². The minimum absolute atomic E-state index is 0.249. The van der Waals surface area contributed by atoms with Crippen molar-refractivity contribution in [2.45, 2.75) is 26.2 Å². The molecule has 0 atom stereocenters. The number of nitrogens with one attached hydrogen (secondary N) is 1. The van der Waals surface area contributed by atoms with Crippen LogP contribution in [-0.2, 0) is 0 Å². The zero-order valence-corrected chi connectivity index (χ0v) is 15.3. The number of nitrogens with zero attached hydrogens (tertiary/aromatic N) is 2. The first-order valence-electron chi connectivity index (χ1n) is 9.34. The summed E-state index contributed by atoms with van der Waals surface area (Å²) in [4.78, 5) is 19.7. The second kappa shape index (κ2) is 7.35. The Kier molecular flexibility index (Phi) is 4.75. The van der Waals surface area contributed by atoms with E-state index in [0.29, 0.717) is 11.3 Å². The number of aromatic nitrogens is 1. The summed E-state index contributed by atoms with van der Waals surface area (Å²) in [7, 11) is 0. The van der Waals surface area contributed by atoms with Gasteiger partial charge in [-0.15, -0.1) is 0 Å². The lowest BCUT2D eigenvalue weighted by Crippen LogP contribution is -2.30. The molecule has 2 aromatic carbocycles. The quantitative estimate of drug-likeness (QED) is 0.718. The molecular formula is C22H22FN3O. The summed E-state index contributed by atoms with van der Waals surface area (Å²) in [6.45, 7) is 3.71. The first-order chi connectivity index (χ1) is 13.1. The third-order valence-corrected chi connectivity index (χ3v) is 4.99. The second-order valence-corrected chi connectivity index (χ2v) is 6.99. The lowest BCUT2D eigenvalue weighted by Gasteiger charge is -2.30. The average molecular weight is 363 g/mol. The summed E-state index contributed by atoms with van der Waals surface area (Å²) >= 11 is 0. The number of anilines is 2. The van der Waals surface area contributed by atoms with Gasteiger partial charge in [-0.25, -0.2) is 4.39 Å². The van der Waals surface area contributed by atoms with Gasteiger partial charge in [0.15, 0.2) is 0 Å². The average Bonchev–Trinajstić information content (AvgIpc) is 2.68. The molecule has 0 saturated carbocycles. The topological polar surface area (TPSA) is 45.2 Å². The molecule has 138 valence electrons. The summed E-state index contributed by atoms with van der Waals surface area (Å²) in [5.74, 6) is -0.609. The Labute approximate surface area is 158 Å². The highest BCUT2D eigenvalue weighted by Crippen LogP contribution is 2.30. The van der Waals surface area contributed by atoms with Crippen molar-refractivity contribution in [3.63, 3.8) is 0 Å². The predicted octanol–water partition coefficient (Wildman–Crippen LogP) is 4.92. The van der Waals surface area contributed by atoms with E-state index in [1.54, 1.807) is 12.1 Å². The number of hydrogen-bond donors (Lipinski definition) is 1. The molecule has 0 spiro atoms. The van der Waals surface area contributed by atoms with Gasteiger partial charge in [0.25, 0.3) is 5.91 Å². The van der Waals surface area contributed by atoms with Gasteiger partial charge in [-0.2, -0.15) is 0 Å². The van der Waals surface area contributed by atoms with E-state index in [4.69, 9.17) is 0 Å². The molecule has 2 heterocycles. The van der Waals surface area contributed by atoms with Crippen LogP contribution in [0.15, 0.2) is 48.5 Å². The number of amides is 1. The predicted molar refractivity (Wildman–Crippen MR) is 107 cm³/mol. The minimum atomic E-state index is -0.359. The molecule has 4 nitrogen and oxygen atoms in total. The maximum Gasteiger partial charge on any atom is 0.256 e. The van der Waals surface area contributed by atoms with Crippen LogP contribution in [0.2, 0.25) is 0 Å². The molecule has 1 saturated heterocycles. The molecule has 3 aromatic rings. The van der Waals surface area contributed by atoms with Gasteiger partial charge in [0.05, 0.1) is 22.5 Å². The van der Waals surface area contributed by atoms with Crippen LogP contribution in [0.4, 0.5) is 15.8 Å². The highest BCUT2D eigenvalue weighted by Gasteiger charge is 2.18. The monoisotopic (exact) mass is 363 g/mol. The Balaban J connectivity index is 1.70.